The number of hydrogen-bond acceptors (Lipinski definition) is 8. The smallest absolute Gasteiger partial charge is 0.224 e. The summed E-state index contributed by atoms with van der Waals surface area (Å²) in [7, 11) is 0. The molecular formula is C24H29FN8O2S. The fourth-order valence-corrected chi connectivity index (χ4v) is 5.55. The summed E-state index contributed by atoms with van der Waals surface area (Å²) >= 11 is 0.0800. The number of aromatic nitrogens is 5. The lowest BCUT2D eigenvalue weighted by atomic mass is 9.96. The van der Waals surface area contributed by atoms with Gasteiger partial charge in [0.2, 0.25) is 5.91 Å². The molecule has 1 aliphatic heterocycles. The Morgan fingerprint density at radius 1 is 1.31 bits per heavy atom. The molecule has 3 aromatic rings. The van der Waals surface area contributed by atoms with E-state index >= 15 is 0 Å². The second kappa shape index (κ2) is 11.3. The Morgan fingerprint density at radius 3 is 2.86 bits per heavy atom. The number of carbonyl (C=O) groups excluding carboxylic acids is 1. The molecule has 1 N–H and O–H groups in total. The second-order valence-electron chi connectivity index (χ2n) is 9.19. The Bertz CT molecular complexity index is 1240. The number of nitrogens with one attached hydrogen (secondary N) is 1. The molecule has 1 unspecified atom stereocenters. The van der Waals surface area contributed by atoms with Gasteiger partial charge in [-0.15, -0.1) is 3.89 Å². The number of halogens is 1. The van der Waals surface area contributed by atoms with Crippen molar-refractivity contribution in [2.45, 2.75) is 44.6 Å². The van der Waals surface area contributed by atoms with Gasteiger partial charge in [0.05, 0.1) is 43.0 Å². The quantitative estimate of drug-likeness (QED) is 0.458. The topological polar surface area (TPSA) is 114 Å². The maximum atomic E-state index is 13.4. The summed E-state index contributed by atoms with van der Waals surface area (Å²) in [6, 6.07) is 4.08. The molecule has 5 rings (SSSR count). The first-order valence-electron chi connectivity index (χ1n) is 12.4. The predicted octanol–water partition coefficient (Wildman–Crippen LogP) is 3.98. The summed E-state index contributed by atoms with van der Waals surface area (Å²) < 4.78 is 21.9. The standard InChI is InChI=1S/C24H29FN8O2S/c25-36-33-10-7-18-22(28-16-29-24(18)33)19-15-32(20(5-8-26)17-3-1-2-4-17)30-23(19)27-9-6-21(34)31-11-13-35-14-12-31/h7,10,15-17,20H,1-6,9,11-14H2,(H,27,30). The van der Waals surface area contributed by atoms with Crippen molar-refractivity contribution in [2.24, 2.45) is 5.92 Å². The van der Waals surface area contributed by atoms with Crippen LogP contribution in [0.5, 0.6) is 0 Å². The number of nitriles is 1. The molecule has 1 atom stereocenters. The largest absolute Gasteiger partial charge is 0.378 e. The normalized spacial score (nSPS) is 17.4. The minimum absolute atomic E-state index is 0.0369. The Labute approximate surface area is 213 Å². The van der Waals surface area contributed by atoms with Crippen LogP contribution < -0.4 is 5.32 Å². The molecule has 1 amide bonds. The first-order valence-corrected chi connectivity index (χ1v) is 13.0. The second-order valence-corrected chi connectivity index (χ2v) is 9.72. The molecule has 1 saturated carbocycles. The van der Waals surface area contributed by atoms with Gasteiger partial charge < -0.3 is 15.0 Å². The molecular weight excluding hydrogens is 483 g/mol. The number of fused-ring (bicyclic) bond motifs is 1. The molecule has 10 nitrogen and oxygen atoms in total. The van der Waals surface area contributed by atoms with Crippen LogP contribution in [0.4, 0.5) is 9.70 Å². The van der Waals surface area contributed by atoms with Gasteiger partial charge in [0.25, 0.3) is 0 Å². The average Bonchev–Trinajstić information content (AvgIpc) is 3.67. The lowest BCUT2D eigenvalue weighted by Gasteiger charge is -2.26. The molecule has 0 bridgehead atoms. The van der Waals surface area contributed by atoms with Crippen LogP contribution in [0.1, 0.15) is 44.6 Å². The van der Waals surface area contributed by atoms with Crippen LogP contribution in [0.25, 0.3) is 22.3 Å². The van der Waals surface area contributed by atoms with E-state index < -0.39 is 0 Å². The molecule has 0 spiro atoms. The SMILES string of the molecule is N#CCC(C1CCCC1)n1cc(-c2ncnc3c2ccn3SF)c(NCCC(=O)N2CCOCC2)n1. The summed E-state index contributed by atoms with van der Waals surface area (Å²) in [4.78, 5) is 23.2. The van der Waals surface area contributed by atoms with Crippen LogP contribution in [0.3, 0.4) is 0 Å². The number of amides is 1. The Hall–Kier alpha value is -3.17. The zero-order valence-corrected chi connectivity index (χ0v) is 20.8. The van der Waals surface area contributed by atoms with E-state index in [1.807, 2.05) is 15.8 Å². The van der Waals surface area contributed by atoms with Crippen LogP contribution in [-0.4, -0.2) is 67.4 Å². The summed E-state index contributed by atoms with van der Waals surface area (Å²) in [5.41, 5.74) is 1.84. The summed E-state index contributed by atoms with van der Waals surface area (Å²) in [5.74, 6) is 1.05. The number of carbonyl (C=O) groups is 1. The highest BCUT2D eigenvalue weighted by Gasteiger charge is 2.29. The number of hydrogen-bond donors (Lipinski definition) is 1. The van der Waals surface area contributed by atoms with Crippen molar-refractivity contribution in [3.63, 3.8) is 0 Å². The van der Waals surface area contributed by atoms with E-state index in [4.69, 9.17) is 9.84 Å². The Morgan fingerprint density at radius 2 is 2.11 bits per heavy atom. The highest BCUT2D eigenvalue weighted by Crippen LogP contribution is 2.39. The molecule has 12 heteroatoms. The first-order chi connectivity index (χ1) is 17.7. The van der Waals surface area contributed by atoms with Crippen LogP contribution in [0.2, 0.25) is 0 Å². The monoisotopic (exact) mass is 512 g/mol. The lowest BCUT2D eigenvalue weighted by Crippen LogP contribution is -2.41. The number of ether oxygens (including phenoxy) is 1. The zero-order chi connectivity index (χ0) is 24.9. The van der Waals surface area contributed by atoms with Crippen LogP contribution in [-0.2, 0) is 9.53 Å². The van der Waals surface area contributed by atoms with E-state index in [9.17, 15) is 13.9 Å². The van der Waals surface area contributed by atoms with Crippen LogP contribution in [0, 0.1) is 17.2 Å². The lowest BCUT2D eigenvalue weighted by molar-refractivity contribution is -0.134. The van der Waals surface area contributed by atoms with Crippen molar-refractivity contribution in [3.05, 3.63) is 24.8 Å². The van der Waals surface area contributed by atoms with Crippen molar-refractivity contribution in [1.29, 1.82) is 5.26 Å². The van der Waals surface area contributed by atoms with E-state index in [2.05, 4.69) is 21.4 Å². The van der Waals surface area contributed by atoms with Gasteiger partial charge in [-0.3, -0.25) is 9.48 Å². The minimum Gasteiger partial charge on any atom is -0.378 e. The van der Waals surface area contributed by atoms with Crippen molar-refractivity contribution in [3.8, 4) is 17.3 Å². The van der Waals surface area contributed by atoms with Crippen LogP contribution in [0.15, 0.2) is 24.8 Å². The first kappa shape index (κ1) is 24.5. The van der Waals surface area contributed by atoms with E-state index in [0.717, 1.165) is 31.2 Å². The molecule has 1 aliphatic carbocycles. The maximum absolute atomic E-state index is 13.4. The van der Waals surface area contributed by atoms with Crippen LogP contribution >= 0.6 is 12.3 Å². The van der Waals surface area contributed by atoms with Crippen molar-refractivity contribution in [1.82, 2.24) is 28.6 Å². The highest BCUT2D eigenvalue weighted by atomic mass is 32.2. The fraction of sp³-hybridized carbons (Fsp3) is 0.542. The third-order valence-corrected chi connectivity index (χ3v) is 7.53. The zero-order valence-electron chi connectivity index (χ0n) is 20.0. The van der Waals surface area contributed by atoms with Crippen molar-refractivity contribution < 1.29 is 13.4 Å². The molecule has 3 aromatic heterocycles. The highest BCUT2D eigenvalue weighted by molar-refractivity contribution is 7.92. The molecule has 2 aliphatic rings. The van der Waals surface area contributed by atoms with E-state index in [0.29, 0.717) is 74.2 Å². The maximum Gasteiger partial charge on any atom is 0.224 e. The van der Waals surface area contributed by atoms with Gasteiger partial charge in [0, 0.05) is 43.8 Å². The number of rotatable bonds is 9. The summed E-state index contributed by atoms with van der Waals surface area (Å²) in [5, 5.41) is 18.4. The van der Waals surface area contributed by atoms with E-state index in [1.165, 1.54) is 10.3 Å². The molecule has 36 heavy (non-hydrogen) atoms. The average molecular weight is 513 g/mol. The van der Waals surface area contributed by atoms with E-state index in [-0.39, 0.29) is 24.3 Å². The van der Waals surface area contributed by atoms with Gasteiger partial charge in [-0.05, 0) is 24.8 Å². The van der Waals surface area contributed by atoms with Gasteiger partial charge >= 0.3 is 0 Å². The fourth-order valence-electron chi connectivity index (χ4n) is 5.23. The predicted molar refractivity (Wildman–Crippen MR) is 135 cm³/mol. The molecule has 2 fully saturated rings. The van der Waals surface area contributed by atoms with Gasteiger partial charge in [-0.25, -0.2) is 13.9 Å². The minimum atomic E-state index is -0.0369. The Balaban J connectivity index is 1.45. The number of anilines is 1. The third kappa shape index (κ3) is 5.03. The van der Waals surface area contributed by atoms with Crippen molar-refractivity contribution >= 4 is 35.1 Å². The van der Waals surface area contributed by atoms with E-state index in [1.54, 1.807) is 12.3 Å². The molecule has 1 saturated heterocycles. The Kier molecular flexibility index (Phi) is 7.67. The van der Waals surface area contributed by atoms with Gasteiger partial charge in [0.15, 0.2) is 23.8 Å². The van der Waals surface area contributed by atoms with Gasteiger partial charge in [0.1, 0.15) is 6.33 Å². The summed E-state index contributed by atoms with van der Waals surface area (Å²) in [6.45, 7) is 2.75. The number of nitrogens with zero attached hydrogens (tertiary/aromatic N) is 7. The molecule has 0 radical (unpaired) electrons. The van der Waals surface area contributed by atoms with Crippen molar-refractivity contribution in [2.75, 3.05) is 38.2 Å². The third-order valence-electron chi connectivity index (χ3n) is 7.09. The molecule has 4 heterocycles. The van der Waals surface area contributed by atoms with Gasteiger partial charge in [-0.1, -0.05) is 12.8 Å². The number of morpholine rings is 1. The molecule has 0 aromatic carbocycles. The molecule has 190 valence electrons. The summed E-state index contributed by atoms with van der Waals surface area (Å²) in [6.07, 6.45) is 10.1. The van der Waals surface area contributed by atoms with Gasteiger partial charge in [-0.2, -0.15) is 10.4 Å².